The van der Waals surface area contributed by atoms with E-state index in [9.17, 15) is 23.5 Å². The van der Waals surface area contributed by atoms with Gasteiger partial charge in [0.15, 0.2) is 0 Å². The van der Waals surface area contributed by atoms with E-state index in [2.05, 4.69) is 31.9 Å². The molecule has 0 heterocycles. The predicted octanol–water partition coefficient (Wildman–Crippen LogP) is 4.72. The summed E-state index contributed by atoms with van der Waals surface area (Å²) in [7, 11) is 1.29. The molecule has 0 aromatic heterocycles. The van der Waals surface area contributed by atoms with Gasteiger partial charge in [0.1, 0.15) is 11.6 Å². The molecule has 0 unspecified atom stereocenters. The van der Waals surface area contributed by atoms with Crippen molar-refractivity contribution in [3.8, 4) is 0 Å². The lowest BCUT2D eigenvalue weighted by Gasteiger charge is -2.27. The molecule has 3 aromatic rings. The summed E-state index contributed by atoms with van der Waals surface area (Å²) < 4.78 is 33.2. The van der Waals surface area contributed by atoms with Gasteiger partial charge in [-0.25, -0.2) is 13.6 Å². The number of methoxy groups -OCH3 is 1. The van der Waals surface area contributed by atoms with Crippen LogP contribution in [0.3, 0.4) is 0 Å². The summed E-state index contributed by atoms with van der Waals surface area (Å²) in [5.41, 5.74) is 1.58. The highest BCUT2D eigenvalue weighted by Gasteiger charge is 2.25. The van der Waals surface area contributed by atoms with Crippen molar-refractivity contribution in [2.24, 2.45) is 0 Å². The molecule has 0 saturated carbocycles. The fraction of sp³-hybridized carbons (Fsp3) is 0.259. The van der Waals surface area contributed by atoms with Crippen LogP contribution in [0.1, 0.15) is 23.6 Å². The molecule has 3 aromatic carbocycles. The van der Waals surface area contributed by atoms with Crippen LogP contribution in [-0.2, 0) is 16.0 Å². The van der Waals surface area contributed by atoms with E-state index in [0.717, 1.165) is 28.2 Å². The molecular formula is C27H28BrF2N3O4. The number of aliphatic hydroxyl groups excluding tert-OH is 1. The fourth-order valence-electron chi connectivity index (χ4n) is 3.81. The molecule has 10 heteroatoms. The summed E-state index contributed by atoms with van der Waals surface area (Å²) in [5, 5.41) is 19.6. The Bertz CT molecular complexity index is 1180. The van der Waals surface area contributed by atoms with E-state index in [0.29, 0.717) is 5.69 Å². The SMILES string of the molecule is COC(=O)C[C@H](NC[C@@H](O)[C@H](Cc1cc(F)cc(F)c1)NC(=O)Nc1ccccc1)c1cccc(Br)c1. The standard InChI is InChI=1S/C27H28BrF2N3O4/c1-37-26(35)15-23(18-6-5-7-19(28)13-18)31-16-25(34)24(12-17-10-20(29)14-21(30)11-17)33-27(36)32-22-8-3-2-4-9-22/h2-11,13-14,23-25,31,34H,12,15-16H2,1H3,(H2,32,33,36)/t23-,24-,25+/m0/s1. The average molecular weight is 576 g/mol. The van der Waals surface area contributed by atoms with Crippen LogP contribution in [0.15, 0.2) is 77.3 Å². The first-order chi connectivity index (χ1) is 17.7. The molecule has 0 aliphatic carbocycles. The molecule has 0 fully saturated rings. The zero-order chi connectivity index (χ0) is 26.8. The summed E-state index contributed by atoms with van der Waals surface area (Å²) in [6, 6.07) is 17.1. The van der Waals surface area contributed by atoms with E-state index in [1.807, 2.05) is 24.3 Å². The molecular weight excluding hydrogens is 548 g/mol. The molecule has 0 bridgehead atoms. The van der Waals surface area contributed by atoms with Crippen molar-refractivity contribution in [1.82, 2.24) is 10.6 Å². The average Bonchev–Trinajstić information content (AvgIpc) is 2.85. The summed E-state index contributed by atoms with van der Waals surface area (Å²) in [4.78, 5) is 24.7. The van der Waals surface area contributed by atoms with Crippen molar-refractivity contribution >= 4 is 33.6 Å². The number of esters is 1. The van der Waals surface area contributed by atoms with Crippen molar-refractivity contribution in [2.45, 2.75) is 31.0 Å². The maximum atomic E-state index is 13.8. The first kappa shape index (κ1) is 28.2. The number of carbonyl (C=O) groups excluding carboxylic acids is 2. The number of hydrogen-bond donors (Lipinski definition) is 4. The third kappa shape index (κ3) is 9.23. The molecule has 3 atom stereocenters. The Hall–Kier alpha value is -3.34. The topological polar surface area (TPSA) is 99.7 Å². The minimum atomic E-state index is -1.18. The Labute approximate surface area is 222 Å². The van der Waals surface area contributed by atoms with Crippen molar-refractivity contribution in [3.05, 3.63) is 100 Å². The number of nitrogens with one attached hydrogen (secondary N) is 3. The number of carbonyl (C=O) groups is 2. The van der Waals surface area contributed by atoms with Gasteiger partial charge < -0.3 is 25.8 Å². The minimum Gasteiger partial charge on any atom is -0.469 e. The Balaban J connectivity index is 1.76. The van der Waals surface area contributed by atoms with Gasteiger partial charge in [0.25, 0.3) is 0 Å². The van der Waals surface area contributed by atoms with Crippen LogP contribution in [0.25, 0.3) is 0 Å². The molecule has 4 N–H and O–H groups in total. The van der Waals surface area contributed by atoms with E-state index >= 15 is 0 Å². The molecule has 2 amide bonds. The largest absolute Gasteiger partial charge is 0.469 e. The lowest BCUT2D eigenvalue weighted by Crippen LogP contribution is -2.50. The van der Waals surface area contributed by atoms with Crippen LogP contribution in [0, 0.1) is 11.6 Å². The second-order valence-corrected chi connectivity index (χ2v) is 9.33. The van der Waals surface area contributed by atoms with Crippen LogP contribution < -0.4 is 16.0 Å². The molecule has 3 rings (SSSR count). The summed E-state index contributed by atoms with van der Waals surface area (Å²) in [6.07, 6.45) is -1.22. The highest BCUT2D eigenvalue weighted by atomic mass is 79.9. The number of para-hydroxylation sites is 1. The number of anilines is 1. The van der Waals surface area contributed by atoms with Gasteiger partial charge >= 0.3 is 12.0 Å². The third-order valence-corrected chi connectivity index (χ3v) is 6.11. The number of urea groups is 1. The van der Waals surface area contributed by atoms with Gasteiger partial charge in [0.05, 0.1) is 25.7 Å². The molecule has 0 aliphatic rings. The summed E-state index contributed by atoms with van der Waals surface area (Å²) >= 11 is 3.41. The van der Waals surface area contributed by atoms with Crippen molar-refractivity contribution in [1.29, 1.82) is 0 Å². The lowest BCUT2D eigenvalue weighted by atomic mass is 9.99. The van der Waals surface area contributed by atoms with Gasteiger partial charge in [-0.1, -0.05) is 46.3 Å². The van der Waals surface area contributed by atoms with Crippen LogP contribution in [0.2, 0.25) is 0 Å². The smallest absolute Gasteiger partial charge is 0.319 e. The molecule has 0 saturated heterocycles. The second-order valence-electron chi connectivity index (χ2n) is 8.42. The van der Waals surface area contributed by atoms with Crippen molar-refractivity contribution in [2.75, 3.05) is 19.0 Å². The second kappa shape index (κ2) is 13.8. The van der Waals surface area contributed by atoms with Crippen LogP contribution in [-0.4, -0.2) is 42.9 Å². The molecule has 0 radical (unpaired) electrons. The fourth-order valence-corrected chi connectivity index (χ4v) is 4.23. The third-order valence-electron chi connectivity index (χ3n) is 5.61. The quantitative estimate of drug-likeness (QED) is 0.248. The van der Waals surface area contributed by atoms with Crippen LogP contribution in [0.4, 0.5) is 19.3 Å². The molecule has 7 nitrogen and oxygen atoms in total. The summed E-state index contributed by atoms with van der Waals surface area (Å²) in [6.45, 7) is -0.0394. The van der Waals surface area contributed by atoms with Gasteiger partial charge in [0.2, 0.25) is 0 Å². The van der Waals surface area contributed by atoms with E-state index in [4.69, 9.17) is 4.74 Å². The maximum absolute atomic E-state index is 13.8. The van der Waals surface area contributed by atoms with Crippen LogP contribution >= 0.6 is 15.9 Å². The first-order valence-corrected chi connectivity index (χ1v) is 12.3. The van der Waals surface area contributed by atoms with E-state index in [1.54, 1.807) is 30.3 Å². The number of benzene rings is 3. The van der Waals surface area contributed by atoms with Gasteiger partial charge in [-0.05, 0) is 53.9 Å². The number of amides is 2. The Morgan fingerprint density at radius 1 is 1.00 bits per heavy atom. The highest BCUT2D eigenvalue weighted by molar-refractivity contribution is 9.10. The first-order valence-electron chi connectivity index (χ1n) is 11.5. The van der Waals surface area contributed by atoms with E-state index < -0.39 is 41.8 Å². The van der Waals surface area contributed by atoms with Crippen LogP contribution in [0.5, 0.6) is 0 Å². The number of aliphatic hydroxyl groups is 1. The number of hydrogen-bond acceptors (Lipinski definition) is 5. The molecule has 37 heavy (non-hydrogen) atoms. The van der Waals surface area contributed by atoms with Crippen molar-refractivity contribution in [3.63, 3.8) is 0 Å². The highest BCUT2D eigenvalue weighted by Crippen LogP contribution is 2.22. The number of ether oxygens (including phenoxy) is 1. The number of rotatable bonds is 11. The van der Waals surface area contributed by atoms with Gasteiger partial charge in [-0.15, -0.1) is 0 Å². The van der Waals surface area contributed by atoms with Gasteiger partial charge in [0, 0.05) is 28.8 Å². The number of halogens is 3. The normalized spacial score (nSPS) is 13.3. The Morgan fingerprint density at radius 3 is 2.35 bits per heavy atom. The van der Waals surface area contributed by atoms with Gasteiger partial charge in [-0.2, -0.15) is 0 Å². The minimum absolute atomic E-state index is 0.00136. The zero-order valence-electron chi connectivity index (χ0n) is 20.1. The van der Waals surface area contributed by atoms with Gasteiger partial charge in [-0.3, -0.25) is 4.79 Å². The molecule has 196 valence electrons. The Kier molecular flexibility index (Phi) is 10.6. The summed E-state index contributed by atoms with van der Waals surface area (Å²) in [5.74, 6) is -1.97. The van der Waals surface area contributed by atoms with Crippen molar-refractivity contribution < 1.29 is 28.2 Å². The maximum Gasteiger partial charge on any atom is 0.319 e. The van der Waals surface area contributed by atoms with E-state index in [1.165, 1.54) is 7.11 Å². The molecule has 0 aliphatic heterocycles. The zero-order valence-corrected chi connectivity index (χ0v) is 21.7. The Morgan fingerprint density at radius 2 is 1.70 bits per heavy atom. The monoisotopic (exact) mass is 575 g/mol. The predicted molar refractivity (Wildman–Crippen MR) is 140 cm³/mol. The van der Waals surface area contributed by atoms with E-state index in [-0.39, 0.29) is 24.9 Å². The lowest BCUT2D eigenvalue weighted by molar-refractivity contribution is -0.141. The molecule has 0 spiro atoms.